The summed E-state index contributed by atoms with van der Waals surface area (Å²) < 4.78 is 2.01. The standard InChI is InChI=1S/C5H6BrN3O2/c1-3-7-5(9(10)11)4(6)8(3)2/h1-2H3. The zero-order valence-corrected chi connectivity index (χ0v) is 7.62. The normalized spacial score (nSPS) is 10.1. The molecule has 0 fully saturated rings. The molecule has 0 saturated carbocycles. The van der Waals surface area contributed by atoms with Crippen molar-refractivity contribution < 1.29 is 4.92 Å². The van der Waals surface area contributed by atoms with Crippen molar-refractivity contribution in [3.8, 4) is 0 Å². The summed E-state index contributed by atoms with van der Waals surface area (Å²) in [7, 11) is 1.71. The average Bonchev–Trinajstić information content (AvgIpc) is 2.17. The summed E-state index contributed by atoms with van der Waals surface area (Å²) in [4.78, 5) is 13.5. The molecule has 1 heterocycles. The van der Waals surface area contributed by atoms with E-state index in [9.17, 15) is 10.1 Å². The van der Waals surface area contributed by atoms with Crippen LogP contribution >= 0.6 is 15.9 Å². The van der Waals surface area contributed by atoms with Gasteiger partial charge in [0.1, 0.15) is 0 Å². The summed E-state index contributed by atoms with van der Waals surface area (Å²) in [5.74, 6) is 0.480. The first kappa shape index (κ1) is 8.19. The van der Waals surface area contributed by atoms with Crippen molar-refractivity contribution in [1.82, 2.24) is 9.55 Å². The van der Waals surface area contributed by atoms with E-state index in [0.29, 0.717) is 10.4 Å². The van der Waals surface area contributed by atoms with Crippen molar-refractivity contribution in [2.24, 2.45) is 7.05 Å². The van der Waals surface area contributed by atoms with Crippen molar-refractivity contribution in [1.29, 1.82) is 0 Å². The fourth-order valence-electron chi connectivity index (χ4n) is 0.683. The highest BCUT2D eigenvalue weighted by Gasteiger charge is 2.20. The minimum atomic E-state index is -0.517. The third-order valence-electron chi connectivity index (χ3n) is 1.41. The number of nitro groups is 1. The minimum absolute atomic E-state index is 0.134. The summed E-state index contributed by atoms with van der Waals surface area (Å²) in [5.41, 5.74) is 0. The fraction of sp³-hybridized carbons (Fsp3) is 0.400. The van der Waals surface area contributed by atoms with Crippen LogP contribution in [0, 0.1) is 17.0 Å². The molecule has 0 unspecified atom stereocenters. The van der Waals surface area contributed by atoms with Crippen LogP contribution < -0.4 is 0 Å². The van der Waals surface area contributed by atoms with Gasteiger partial charge in [0.15, 0.2) is 4.60 Å². The minimum Gasteiger partial charge on any atom is -0.358 e. The Kier molecular flexibility index (Phi) is 1.95. The number of nitrogens with zero attached hydrogens (tertiary/aromatic N) is 3. The van der Waals surface area contributed by atoms with Gasteiger partial charge < -0.3 is 10.1 Å². The molecule has 0 aliphatic carbocycles. The van der Waals surface area contributed by atoms with E-state index in [4.69, 9.17) is 0 Å². The Morgan fingerprint density at radius 3 is 2.45 bits per heavy atom. The molecule has 6 heteroatoms. The third-order valence-corrected chi connectivity index (χ3v) is 2.29. The first-order valence-corrected chi connectivity index (χ1v) is 3.66. The maximum absolute atomic E-state index is 10.3. The molecule has 0 atom stereocenters. The molecule has 0 N–H and O–H groups in total. The van der Waals surface area contributed by atoms with Crippen LogP contribution in [0.25, 0.3) is 0 Å². The van der Waals surface area contributed by atoms with E-state index in [-0.39, 0.29) is 5.82 Å². The zero-order chi connectivity index (χ0) is 8.59. The molecule has 0 aliphatic rings. The molecule has 0 radical (unpaired) electrons. The van der Waals surface area contributed by atoms with Crippen molar-refractivity contribution in [3.05, 3.63) is 20.5 Å². The van der Waals surface area contributed by atoms with Crippen LogP contribution in [0.15, 0.2) is 4.60 Å². The smallest absolute Gasteiger partial charge is 0.358 e. The second-order valence-corrected chi connectivity index (χ2v) is 2.84. The van der Waals surface area contributed by atoms with E-state index in [1.807, 2.05) is 0 Å². The molecule has 0 bridgehead atoms. The van der Waals surface area contributed by atoms with E-state index in [1.165, 1.54) is 0 Å². The molecule has 60 valence electrons. The van der Waals surface area contributed by atoms with Crippen LogP contribution in [0.1, 0.15) is 5.82 Å². The Bertz CT molecular complexity index is 307. The van der Waals surface area contributed by atoms with Gasteiger partial charge in [0.25, 0.3) is 0 Å². The zero-order valence-electron chi connectivity index (χ0n) is 6.04. The number of aryl methyl sites for hydroxylation is 1. The van der Waals surface area contributed by atoms with Crippen LogP contribution in [-0.2, 0) is 7.05 Å². The van der Waals surface area contributed by atoms with E-state index < -0.39 is 4.92 Å². The van der Waals surface area contributed by atoms with Crippen LogP contribution in [0.4, 0.5) is 5.82 Å². The highest BCUT2D eigenvalue weighted by atomic mass is 79.9. The van der Waals surface area contributed by atoms with Gasteiger partial charge in [0.05, 0.1) is 0 Å². The summed E-state index contributed by atoms with van der Waals surface area (Å²) in [6.45, 7) is 1.71. The Morgan fingerprint density at radius 2 is 2.27 bits per heavy atom. The SMILES string of the molecule is Cc1nc([N+](=O)[O-])c(Br)n1C. The van der Waals surface area contributed by atoms with Crippen LogP contribution in [0.5, 0.6) is 0 Å². The number of aromatic nitrogens is 2. The van der Waals surface area contributed by atoms with Crippen LogP contribution in [0.3, 0.4) is 0 Å². The quantitative estimate of drug-likeness (QED) is 0.530. The van der Waals surface area contributed by atoms with Crippen LogP contribution in [-0.4, -0.2) is 14.5 Å². The van der Waals surface area contributed by atoms with E-state index >= 15 is 0 Å². The lowest BCUT2D eigenvalue weighted by molar-refractivity contribution is -0.390. The number of halogens is 1. The topological polar surface area (TPSA) is 61.0 Å². The lowest BCUT2D eigenvalue weighted by Gasteiger charge is -1.90. The van der Waals surface area contributed by atoms with Gasteiger partial charge in [-0.25, -0.2) is 0 Å². The predicted molar refractivity (Wildman–Crippen MR) is 42.3 cm³/mol. The number of rotatable bonds is 1. The van der Waals surface area contributed by atoms with Crippen molar-refractivity contribution in [2.75, 3.05) is 0 Å². The monoisotopic (exact) mass is 219 g/mol. The maximum Gasteiger partial charge on any atom is 0.396 e. The highest BCUT2D eigenvalue weighted by molar-refractivity contribution is 9.10. The summed E-state index contributed by atoms with van der Waals surface area (Å²) in [6, 6.07) is 0. The molecule has 0 aliphatic heterocycles. The fourth-order valence-corrected chi connectivity index (χ4v) is 1.17. The van der Waals surface area contributed by atoms with E-state index in [0.717, 1.165) is 0 Å². The molecule has 0 saturated heterocycles. The molecular formula is C5H6BrN3O2. The first-order chi connectivity index (χ1) is 5.04. The van der Waals surface area contributed by atoms with Gasteiger partial charge in [-0.2, -0.15) is 0 Å². The van der Waals surface area contributed by atoms with Crippen molar-refractivity contribution in [2.45, 2.75) is 6.92 Å². The Balaban J connectivity index is 3.29. The molecule has 1 aromatic heterocycles. The Labute approximate surface area is 71.3 Å². The highest BCUT2D eigenvalue weighted by Crippen LogP contribution is 2.23. The molecule has 0 spiro atoms. The molecule has 1 aromatic rings. The second kappa shape index (κ2) is 2.61. The third kappa shape index (κ3) is 1.25. The summed E-state index contributed by atoms with van der Waals surface area (Å²) in [6.07, 6.45) is 0. The number of imidazole rings is 1. The lowest BCUT2D eigenvalue weighted by atomic mass is 10.7. The Hall–Kier alpha value is -0.910. The van der Waals surface area contributed by atoms with E-state index in [1.54, 1.807) is 18.5 Å². The molecule has 1 rings (SSSR count). The summed E-state index contributed by atoms with van der Waals surface area (Å²) >= 11 is 3.06. The van der Waals surface area contributed by atoms with Gasteiger partial charge >= 0.3 is 5.82 Å². The van der Waals surface area contributed by atoms with Gasteiger partial charge in [-0.15, -0.1) is 0 Å². The number of hydrogen-bond donors (Lipinski definition) is 0. The van der Waals surface area contributed by atoms with Gasteiger partial charge in [0.2, 0.25) is 5.82 Å². The molecule has 5 nitrogen and oxygen atoms in total. The van der Waals surface area contributed by atoms with Gasteiger partial charge in [-0.1, -0.05) is 0 Å². The predicted octanol–water partition coefficient (Wildman–Crippen LogP) is 1.40. The first-order valence-electron chi connectivity index (χ1n) is 2.87. The maximum atomic E-state index is 10.3. The summed E-state index contributed by atoms with van der Waals surface area (Å²) in [5, 5.41) is 10.3. The average molecular weight is 220 g/mol. The molecule has 0 amide bonds. The van der Waals surface area contributed by atoms with Crippen molar-refractivity contribution >= 4 is 21.7 Å². The van der Waals surface area contributed by atoms with Gasteiger partial charge in [-0.3, -0.25) is 4.57 Å². The van der Waals surface area contributed by atoms with Crippen molar-refractivity contribution in [3.63, 3.8) is 0 Å². The Morgan fingerprint density at radius 1 is 1.73 bits per heavy atom. The molecule has 11 heavy (non-hydrogen) atoms. The molecular weight excluding hydrogens is 214 g/mol. The lowest BCUT2D eigenvalue weighted by Crippen LogP contribution is -1.91. The molecule has 0 aromatic carbocycles. The largest absolute Gasteiger partial charge is 0.396 e. The second-order valence-electron chi connectivity index (χ2n) is 2.09. The van der Waals surface area contributed by atoms with Gasteiger partial charge in [-0.05, 0) is 25.8 Å². The van der Waals surface area contributed by atoms with Gasteiger partial charge in [0, 0.05) is 14.0 Å². The van der Waals surface area contributed by atoms with E-state index in [2.05, 4.69) is 20.9 Å². The number of hydrogen-bond acceptors (Lipinski definition) is 3. The van der Waals surface area contributed by atoms with Crippen LogP contribution in [0.2, 0.25) is 0 Å².